The second-order valence-electron chi connectivity index (χ2n) is 10.1. The summed E-state index contributed by atoms with van der Waals surface area (Å²) in [5.74, 6) is -1.51. The number of carbonyl (C=O) groups is 1. The van der Waals surface area contributed by atoms with E-state index in [2.05, 4.69) is 20.6 Å². The van der Waals surface area contributed by atoms with Crippen molar-refractivity contribution in [2.45, 2.75) is 25.8 Å². The minimum Gasteiger partial charge on any atom is -0.383 e. The van der Waals surface area contributed by atoms with Crippen LogP contribution < -0.4 is 10.6 Å². The van der Waals surface area contributed by atoms with E-state index in [1.807, 2.05) is 57.4 Å². The number of amides is 2. The summed E-state index contributed by atoms with van der Waals surface area (Å²) in [5, 5.41) is 15.4. The third-order valence-electron chi connectivity index (χ3n) is 7.32. The van der Waals surface area contributed by atoms with Crippen molar-refractivity contribution in [3.63, 3.8) is 0 Å². The zero-order valence-electron chi connectivity index (χ0n) is 23.0. The van der Waals surface area contributed by atoms with Gasteiger partial charge in [-0.15, -0.1) is 0 Å². The molecule has 2 aromatic heterocycles. The number of aryl methyl sites for hydroxylation is 2. The summed E-state index contributed by atoms with van der Waals surface area (Å²) in [4.78, 5) is 15.6. The highest BCUT2D eigenvalue weighted by atomic mass is 19.2. The van der Waals surface area contributed by atoms with Crippen LogP contribution in [0.5, 0.6) is 0 Å². The van der Waals surface area contributed by atoms with Gasteiger partial charge < -0.3 is 10.1 Å². The number of hydrogen-bond donors (Lipinski definition) is 2. The summed E-state index contributed by atoms with van der Waals surface area (Å²) < 4.78 is 36.4. The van der Waals surface area contributed by atoms with Gasteiger partial charge in [0, 0.05) is 57.0 Å². The molecular formula is C29H33F2N7O2. The molecule has 11 heteroatoms. The molecule has 40 heavy (non-hydrogen) atoms. The molecular weight excluding hydrogens is 516 g/mol. The zero-order chi connectivity index (χ0) is 28.4. The molecule has 0 aliphatic carbocycles. The van der Waals surface area contributed by atoms with Crippen LogP contribution >= 0.6 is 0 Å². The number of para-hydroxylation sites is 1. The van der Waals surface area contributed by atoms with Gasteiger partial charge in [-0.1, -0.05) is 24.3 Å². The molecule has 0 bridgehead atoms. The summed E-state index contributed by atoms with van der Waals surface area (Å²) in [7, 11) is 3.49. The normalized spacial score (nSPS) is 17.4. The lowest BCUT2D eigenvalue weighted by molar-refractivity contribution is 0.159. The summed E-state index contributed by atoms with van der Waals surface area (Å²) in [6.07, 6.45) is 1.91. The molecule has 0 radical (unpaired) electrons. The fourth-order valence-electron chi connectivity index (χ4n) is 5.31. The second kappa shape index (κ2) is 11.6. The van der Waals surface area contributed by atoms with Crippen molar-refractivity contribution in [2.24, 2.45) is 7.05 Å². The Morgan fingerprint density at radius 1 is 1.07 bits per heavy atom. The highest BCUT2D eigenvalue weighted by molar-refractivity contribution is 5.91. The van der Waals surface area contributed by atoms with Crippen LogP contribution in [0.15, 0.2) is 54.7 Å². The Hall–Kier alpha value is -4.09. The lowest BCUT2D eigenvalue weighted by Crippen LogP contribution is -2.42. The molecule has 9 nitrogen and oxygen atoms in total. The molecule has 2 N–H and O–H groups in total. The third kappa shape index (κ3) is 5.61. The predicted molar refractivity (Wildman–Crippen MR) is 149 cm³/mol. The standard InChI is InChI=1S/C29H33F2N7O2/c1-18-27(22-15-36(3)34-19(22)2)35-38(21-8-6-5-7-9-21)28(18)33-29(39)32-26-17-37(12-13-40-4)16-23(26)20-10-11-24(30)25(31)14-20/h5-11,14-15,23,26H,12-13,16-17H2,1-4H3,(H2,32,33,39)/t23-,26+/m0/s1. The molecule has 2 atom stereocenters. The Labute approximate surface area is 231 Å². The van der Waals surface area contributed by atoms with Crippen molar-refractivity contribution < 1.29 is 18.3 Å². The largest absolute Gasteiger partial charge is 0.383 e. The number of carbonyl (C=O) groups excluding carboxylic acids is 1. The smallest absolute Gasteiger partial charge is 0.320 e. The molecule has 1 aliphatic heterocycles. The summed E-state index contributed by atoms with van der Waals surface area (Å²) in [5.41, 5.74) is 4.64. The van der Waals surface area contributed by atoms with E-state index in [0.717, 1.165) is 34.3 Å². The fraction of sp³-hybridized carbons (Fsp3) is 0.345. The number of aromatic nitrogens is 4. The number of methoxy groups -OCH3 is 1. The first-order valence-electron chi connectivity index (χ1n) is 13.1. The lowest BCUT2D eigenvalue weighted by Gasteiger charge is -2.21. The molecule has 5 rings (SSSR count). The number of nitrogens with one attached hydrogen (secondary N) is 2. The number of nitrogens with zero attached hydrogens (tertiary/aromatic N) is 5. The predicted octanol–water partition coefficient (Wildman–Crippen LogP) is 4.40. The molecule has 210 valence electrons. The van der Waals surface area contributed by atoms with Crippen molar-refractivity contribution >= 4 is 11.8 Å². The van der Waals surface area contributed by atoms with Crippen LogP contribution in [0, 0.1) is 25.5 Å². The maximum atomic E-state index is 14.1. The van der Waals surface area contributed by atoms with Crippen molar-refractivity contribution in [1.82, 2.24) is 29.8 Å². The quantitative estimate of drug-likeness (QED) is 0.340. The van der Waals surface area contributed by atoms with Gasteiger partial charge in [-0.3, -0.25) is 14.9 Å². The first-order chi connectivity index (χ1) is 19.2. The topological polar surface area (TPSA) is 89.2 Å². The van der Waals surface area contributed by atoms with Crippen molar-refractivity contribution in [2.75, 3.05) is 38.7 Å². The van der Waals surface area contributed by atoms with Crippen LogP contribution in [-0.4, -0.2) is 69.9 Å². The van der Waals surface area contributed by atoms with Crippen LogP contribution in [0.25, 0.3) is 16.9 Å². The van der Waals surface area contributed by atoms with E-state index in [9.17, 15) is 13.6 Å². The van der Waals surface area contributed by atoms with Gasteiger partial charge in [0.25, 0.3) is 0 Å². The number of urea groups is 1. The van der Waals surface area contributed by atoms with Gasteiger partial charge in [-0.05, 0) is 43.7 Å². The maximum Gasteiger partial charge on any atom is 0.320 e. The second-order valence-corrected chi connectivity index (χ2v) is 10.1. The van der Waals surface area contributed by atoms with Crippen LogP contribution in [0.1, 0.15) is 22.7 Å². The van der Waals surface area contributed by atoms with E-state index in [0.29, 0.717) is 37.6 Å². The summed E-state index contributed by atoms with van der Waals surface area (Å²) >= 11 is 0. The number of anilines is 1. The Morgan fingerprint density at radius 3 is 2.52 bits per heavy atom. The van der Waals surface area contributed by atoms with Crippen LogP contribution in [0.2, 0.25) is 0 Å². The van der Waals surface area contributed by atoms with Gasteiger partial charge in [0.2, 0.25) is 0 Å². The van der Waals surface area contributed by atoms with Gasteiger partial charge in [0.05, 0.1) is 24.0 Å². The summed E-state index contributed by atoms with van der Waals surface area (Å²) in [6, 6.07) is 12.7. The third-order valence-corrected chi connectivity index (χ3v) is 7.32. The average molecular weight is 550 g/mol. The van der Waals surface area contributed by atoms with Crippen molar-refractivity contribution in [1.29, 1.82) is 0 Å². The molecule has 3 heterocycles. The molecule has 1 fully saturated rings. The van der Waals surface area contributed by atoms with Crippen LogP contribution in [0.4, 0.5) is 19.4 Å². The highest BCUT2D eigenvalue weighted by Gasteiger charge is 2.35. The molecule has 2 amide bonds. The average Bonchev–Trinajstić information content (AvgIpc) is 3.59. The fourth-order valence-corrected chi connectivity index (χ4v) is 5.31. The van der Waals surface area contributed by atoms with Crippen LogP contribution in [-0.2, 0) is 11.8 Å². The molecule has 2 aromatic carbocycles. The minimum absolute atomic E-state index is 0.230. The number of halogens is 2. The minimum atomic E-state index is -0.906. The first-order valence-corrected chi connectivity index (χ1v) is 13.1. The van der Waals surface area contributed by atoms with E-state index >= 15 is 0 Å². The van der Waals surface area contributed by atoms with Gasteiger partial charge in [0.1, 0.15) is 11.5 Å². The molecule has 0 unspecified atom stereocenters. The number of benzene rings is 2. The Morgan fingerprint density at radius 2 is 1.85 bits per heavy atom. The van der Waals surface area contributed by atoms with Gasteiger partial charge in [0.15, 0.2) is 11.6 Å². The highest BCUT2D eigenvalue weighted by Crippen LogP contribution is 2.33. The summed E-state index contributed by atoms with van der Waals surface area (Å²) in [6.45, 7) is 6.13. The molecule has 0 saturated carbocycles. The number of ether oxygens (including phenoxy) is 1. The first kappa shape index (κ1) is 27.5. The van der Waals surface area contributed by atoms with E-state index in [-0.39, 0.29) is 12.0 Å². The zero-order valence-corrected chi connectivity index (χ0v) is 23.0. The van der Waals surface area contributed by atoms with E-state index in [1.165, 1.54) is 6.07 Å². The monoisotopic (exact) mass is 549 g/mol. The van der Waals surface area contributed by atoms with Crippen molar-refractivity contribution in [3.8, 4) is 16.9 Å². The SMILES string of the molecule is COCCN1C[C@@H](NC(=O)Nc2c(C)c(-c3cn(C)nc3C)nn2-c2ccccc2)[C@H](c2ccc(F)c(F)c2)C1. The molecule has 1 aliphatic rings. The maximum absolute atomic E-state index is 14.1. The van der Waals surface area contributed by atoms with Gasteiger partial charge >= 0.3 is 6.03 Å². The number of rotatable bonds is 8. The van der Waals surface area contributed by atoms with Gasteiger partial charge in [-0.25, -0.2) is 18.3 Å². The van der Waals surface area contributed by atoms with Crippen molar-refractivity contribution in [3.05, 3.63) is 83.2 Å². The van der Waals surface area contributed by atoms with Crippen LogP contribution in [0.3, 0.4) is 0 Å². The lowest BCUT2D eigenvalue weighted by atomic mass is 9.94. The Kier molecular flexibility index (Phi) is 7.95. The molecule has 1 saturated heterocycles. The molecule has 0 spiro atoms. The number of likely N-dealkylation sites (tertiary alicyclic amines) is 1. The van der Waals surface area contributed by atoms with Gasteiger partial charge in [-0.2, -0.15) is 10.2 Å². The van der Waals surface area contributed by atoms with E-state index in [4.69, 9.17) is 9.84 Å². The molecule has 4 aromatic rings. The Bertz CT molecular complexity index is 1500. The van der Waals surface area contributed by atoms with E-state index in [1.54, 1.807) is 22.5 Å². The Balaban J connectivity index is 1.43. The van der Waals surface area contributed by atoms with E-state index < -0.39 is 17.7 Å². The number of hydrogen-bond acceptors (Lipinski definition) is 5.